The van der Waals surface area contributed by atoms with Crippen molar-refractivity contribution in [3.05, 3.63) is 0 Å². The number of likely N-dealkylation sites (N-methyl/N-ethyl adjacent to an activating group) is 1. The van der Waals surface area contributed by atoms with Crippen LogP contribution in [-0.2, 0) is 9.53 Å². The van der Waals surface area contributed by atoms with Crippen molar-refractivity contribution in [2.45, 2.75) is 38.6 Å². The monoisotopic (exact) mass is 185 g/mol. The highest BCUT2D eigenvalue weighted by Gasteiger charge is 2.43. The molecule has 1 N–H and O–H groups in total. The third-order valence-electron chi connectivity index (χ3n) is 2.91. The summed E-state index contributed by atoms with van der Waals surface area (Å²) in [4.78, 5) is 11.7. The van der Waals surface area contributed by atoms with E-state index in [4.69, 9.17) is 4.74 Å². The largest absolute Gasteiger partial charge is 0.465 e. The summed E-state index contributed by atoms with van der Waals surface area (Å²) in [6, 6.07) is 0. The fraction of sp³-hybridized carbons (Fsp3) is 0.900. The van der Waals surface area contributed by atoms with Crippen LogP contribution in [0.3, 0.4) is 0 Å². The summed E-state index contributed by atoms with van der Waals surface area (Å²) in [5.74, 6) is 0.540. The normalized spacial score (nSPS) is 33.3. The number of nitrogens with one attached hydrogen (secondary N) is 1. The Labute approximate surface area is 79.8 Å². The Morgan fingerprint density at radius 3 is 2.77 bits per heavy atom. The average molecular weight is 185 g/mol. The van der Waals surface area contributed by atoms with Gasteiger partial charge in [-0.2, -0.15) is 0 Å². The van der Waals surface area contributed by atoms with Gasteiger partial charge in [-0.25, -0.2) is 0 Å². The van der Waals surface area contributed by atoms with Crippen molar-refractivity contribution in [2.24, 2.45) is 5.92 Å². The maximum absolute atomic E-state index is 11.7. The summed E-state index contributed by atoms with van der Waals surface area (Å²) in [6.07, 6.45) is 2.92. The molecule has 3 nitrogen and oxygen atoms in total. The lowest BCUT2D eigenvalue weighted by molar-refractivity contribution is -0.150. The van der Waals surface area contributed by atoms with Crippen molar-refractivity contribution in [3.8, 4) is 0 Å². The molecule has 1 aliphatic rings. The highest BCUT2D eigenvalue weighted by atomic mass is 16.5. The second kappa shape index (κ2) is 4.09. The van der Waals surface area contributed by atoms with E-state index in [0.717, 1.165) is 19.3 Å². The Hall–Kier alpha value is -0.570. The molecular formula is C10H19NO2. The number of hydrogen-bond donors (Lipinski definition) is 1. The molecule has 1 saturated carbocycles. The standard InChI is InChI=1S/C10H19NO2/c1-4-13-9(12)10(11-3)6-5-8(2)7-10/h8,11H,4-7H2,1-3H3. The zero-order chi connectivity index (χ0) is 9.90. The van der Waals surface area contributed by atoms with E-state index in [-0.39, 0.29) is 5.97 Å². The molecule has 76 valence electrons. The van der Waals surface area contributed by atoms with Crippen molar-refractivity contribution in [1.29, 1.82) is 0 Å². The summed E-state index contributed by atoms with van der Waals surface area (Å²) < 4.78 is 5.07. The second-order valence-electron chi connectivity index (χ2n) is 3.90. The van der Waals surface area contributed by atoms with Gasteiger partial charge in [0.05, 0.1) is 6.61 Å². The molecule has 2 unspecified atom stereocenters. The van der Waals surface area contributed by atoms with Gasteiger partial charge in [0.25, 0.3) is 0 Å². The predicted octanol–water partition coefficient (Wildman–Crippen LogP) is 1.33. The van der Waals surface area contributed by atoms with E-state index < -0.39 is 5.54 Å². The molecule has 0 aromatic heterocycles. The quantitative estimate of drug-likeness (QED) is 0.674. The van der Waals surface area contributed by atoms with Gasteiger partial charge >= 0.3 is 5.97 Å². The Morgan fingerprint density at radius 1 is 1.69 bits per heavy atom. The van der Waals surface area contributed by atoms with Gasteiger partial charge in [-0.3, -0.25) is 4.79 Å². The number of carbonyl (C=O) groups is 1. The number of esters is 1. The van der Waals surface area contributed by atoms with Gasteiger partial charge in [0.2, 0.25) is 0 Å². The van der Waals surface area contributed by atoms with Crippen LogP contribution in [0.15, 0.2) is 0 Å². The second-order valence-corrected chi connectivity index (χ2v) is 3.90. The fourth-order valence-corrected chi connectivity index (χ4v) is 2.08. The minimum absolute atomic E-state index is 0.0816. The molecule has 0 radical (unpaired) electrons. The summed E-state index contributed by atoms with van der Waals surface area (Å²) in [5.41, 5.74) is -0.393. The minimum Gasteiger partial charge on any atom is -0.465 e. The van der Waals surface area contributed by atoms with Gasteiger partial charge in [-0.1, -0.05) is 6.92 Å². The van der Waals surface area contributed by atoms with Crippen LogP contribution in [-0.4, -0.2) is 25.2 Å². The predicted molar refractivity (Wildman–Crippen MR) is 51.4 cm³/mol. The maximum Gasteiger partial charge on any atom is 0.326 e. The van der Waals surface area contributed by atoms with Gasteiger partial charge in [-0.05, 0) is 39.2 Å². The molecule has 13 heavy (non-hydrogen) atoms. The van der Waals surface area contributed by atoms with Gasteiger partial charge in [0.15, 0.2) is 0 Å². The Morgan fingerprint density at radius 2 is 2.38 bits per heavy atom. The number of ether oxygens (including phenoxy) is 1. The van der Waals surface area contributed by atoms with E-state index in [1.165, 1.54) is 0 Å². The smallest absolute Gasteiger partial charge is 0.326 e. The van der Waals surface area contributed by atoms with Crippen molar-refractivity contribution in [3.63, 3.8) is 0 Å². The third kappa shape index (κ3) is 2.02. The first-order chi connectivity index (χ1) is 6.14. The van der Waals surface area contributed by atoms with Gasteiger partial charge in [-0.15, -0.1) is 0 Å². The van der Waals surface area contributed by atoms with Gasteiger partial charge in [0.1, 0.15) is 5.54 Å². The maximum atomic E-state index is 11.7. The van der Waals surface area contributed by atoms with E-state index in [9.17, 15) is 4.79 Å². The number of carbonyl (C=O) groups excluding carboxylic acids is 1. The molecule has 0 spiro atoms. The van der Waals surface area contributed by atoms with Crippen LogP contribution in [0.4, 0.5) is 0 Å². The molecular weight excluding hydrogens is 166 g/mol. The highest BCUT2D eigenvalue weighted by molar-refractivity contribution is 5.81. The molecule has 0 heterocycles. The first-order valence-electron chi connectivity index (χ1n) is 5.00. The SMILES string of the molecule is CCOC(=O)C1(NC)CCC(C)C1. The topological polar surface area (TPSA) is 38.3 Å². The Balaban J connectivity index is 2.64. The molecule has 1 fully saturated rings. The van der Waals surface area contributed by atoms with E-state index in [1.54, 1.807) is 0 Å². The molecule has 0 saturated heterocycles. The summed E-state index contributed by atoms with van der Waals surface area (Å²) >= 11 is 0. The zero-order valence-corrected chi connectivity index (χ0v) is 8.72. The van der Waals surface area contributed by atoms with Crippen LogP contribution >= 0.6 is 0 Å². The number of hydrogen-bond acceptors (Lipinski definition) is 3. The van der Waals surface area contributed by atoms with Crippen LogP contribution in [0, 0.1) is 5.92 Å². The molecule has 1 aliphatic carbocycles. The molecule has 0 aliphatic heterocycles. The Bertz CT molecular complexity index is 193. The molecule has 3 heteroatoms. The summed E-state index contributed by atoms with van der Waals surface area (Å²) in [5, 5.41) is 3.12. The molecule has 0 aromatic carbocycles. The zero-order valence-electron chi connectivity index (χ0n) is 8.72. The molecule has 2 atom stereocenters. The minimum atomic E-state index is -0.393. The van der Waals surface area contributed by atoms with E-state index >= 15 is 0 Å². The first-order valence-corrected chi connectivity index (χ1v) is 5.00. The van der Waals surface area contributed by atoms with E-state index in [0.29, 0.717) is 12.5 Å². The van der Waals surface area contributed by atoms with Gasteiger partial charge < -0.3 is 10.1 Å². The molecule has 0 bridgehead atoms. The first kappa shape index (κ1) is 10.5. The molecule has 1 rings (SSSR count). The fourth-order valence-electron chi connectivity index (χ4n) is 2.08. The van der Waals surface area contributed by atoms with E-state index in [1.807, 2.05) is 14.0 Å². The molecule has 0 amide bonds. The lowest BCUT2D eigenvalue weighted by Crippen LogP contribution is -2.49. The van der Waals surface area contributed by atoms with Crippen LogP contribution in [0.1, 0.15) is 33.1 Å². The average Bonchev–Trinajstić information content (AvgIpc) is 2.49. The van der Waals surface area contributed by atoms with Crippen LogP contribution in [0.25, 0.3) is 0 Å². The van der Waals surface area contributed by atoms with Crippen molar-refractivity contribution in [1.82, 2.24) is 5.32 Å². The molecule has 0 aromatic rings. The van der Waals surface area contributed by atoms with Gasteiger partial charge in [0, 0.05) is 0 Å². The van der Waals surface area contributed by atoms with E-state index in [2.05, 4.69) is 12.2 Å². The number of rotatable bonds is 3. The van der Waals surface area contributed by atoms with Crippen molar-refractivity contribution in [2.75, 3.05) is 13.7 Å². The lowest BCUT2D eigenvalue weighted by atomic mass is 9.97. The summed E-state index contributed by atoms with van der Waals surface area (Å²) in [7, 11) is 1.84. The van der Waals surface area contributed by atoms with Crippen molar-refractivity contribution < 1.29 is 9.53 Å². The lowest BCUT2D eigenvalue weighted by Gasteiger charge is -2.25. The van der Waals surface area contributed by atoms with Crippen LogP contribution < -0.4 is 5.32 Å². The van der Waals surface area contributed by atoms with Crippen molar-refractivity contribution >= 4 is 5.97 Å². The Kier molecular flexibility index (Phi) is 3.31. The highest BCUT2D eigenvalue weighted by Crippen LogP contribution is 2.34. The van der Waals surface area contributed by atoms with Crippen LogP contribution in [0.5, 0.6) is 0 Å². The summed E-state index contributed by atoms with van der Waals surface area (Å²) in [6.45, 7) is 4.49. The van der Waals surface area contributed by atoms with Crippen LogP contribution in [0.2, 0.25) is 0 Å². The third-order valence-corrected chi connectivity index (χ3v) is 2.91.